The lowest BCUT2D eigenvalue weighted by atomic mass is 9.84. The van der Waals surface area contributed by atoms with Gasteiger partial charge in [-0.05, 0) is 12.8 Å². The van der Waals surface area contributed by atoms with Crippen LogP contribution in [0.3, 0.4) is 0 Å². The maximum absolute atomic E-state index is 11.7. The molecule has 0 aromatic carbocycles. The highest BCUT2D eigenvalue weighted by Gasteiger charge is 2.27. The molecule has 4 heteroatoms. The monoisotopic (exact) mass is 223 g/mol. The Hall–Kier alpha value is -1.32. The fraction of sp³-hybridized carbons (Fsp3) is 0.667. The van der Waals surface area contributed by atoms with Crippen LogP contribution in [0, 0.1) is 5.92 Å². The smallest absolute Gasteiger partial charge is 0.225 e. The van der Waals surface area contributed by atoms with Crippen LogP contribution in [0.5, 0.6) is 0 Å². The second kappa shape index (κ2) is 6.30. The van der Waals surface area contributed by atoms with E-state index in [4.69, 9.17) is 0 Å². The Morgan fingerprint density at radius 1 is 1.56 bits per heavy atom. The number of hydrogen-bond acceptors (Lipinski definition) is 2. The Morgan fingerprint density at radius 3 is 2.69 bits per heavy atom. The van der Waals surface area contributed by atoms with Crippen LogP contribution < -0.4 is 0 Å². The highest BCUT2D eigenvalue weighted by molar-refractivity contribution is 5.79. The van der Waals surface area contributed by atoms with Crippen LogP contribution in [0.15, 0.2) is 12.5 Å². The van der Waals surface area contributed by atoms with Gasteiger partial charge < -0.3 is 9.88 Å². The molecule has 0 unspecified atom stereocenters. The van der Waals surface area contributed by atoms with Gasteiger partial charge in [-0.1, -0.05) is 20.3 Å². The van der Waals surface area contributed by atoms with Crippen molar-refractivity contribution >= 4 is 5.91 Å². The van der Waals surface area contributed by atoms with Gasteiger partial charge in [-0.25, -0.2) is 4.98 Å². The first-order chi connectivity index (χ1) is 7.77. The summed E-state index contributed by atoms with van der Waals surface area (Å²) in [5, 5.41) is 0. The lowest BCUT2D eigenvalue weighted by molar-refractivity contribution is -0.137. The maximum Gasteiger partial charge on any atom is 0.225 e. The minimum atomic E-state index is 0.269. The predicted octanol–water partition coefficient (Wildman–Crippen LogP) is 2.19. The third-order valence-electron chi connectivity index (χ3n) is 2.79. The van der Waals surface area contributed by atoms with Gasteiger partial charge in [-0.2, -0.15) is 0 Å². The van der Waals surface area contributed by atoms with Crippen molar-refractivity contribution < 1.29 is 4.79 Å². The number of carbonyl (C=O) groups is 1. The molecule has 1 heterocycles. The van der Waals surface area contributed by atoms with Crippen molar-refractivity contribution in [1.82, 2.24) is 14.9 Å². The number of rotatable bonds is 3. The maximum atomic E-state index is 11.7. The fourth-order valence-electron chi connectivity index (χ4n) is 1.67. The molecule has 1 aromatic heterocycles. The summed E-state index contributed by atoms with van der Waals surface area (Å²) < 4.78 is 0. The molecule has 4 nitrogen and oxygen atoms in total. The number of imidazole rings is 1. The predicted molar refractivity (Wildman–Crippen MR) is 63.8 cm³/mol. The number of H-pyrrole nitrogens is 1. The van der Waals surface area contributed by atoms with E-state index in [1.807, 2.05) is 20.9 Å². The fourth-order valence-corrected chi connectivity index (χ4v) is 1.67. The summed E-state index contributed by atoms with van der Waals surface area (Å²) >= 11 is 0. The zero-order valence-corrected chi connectivity index (χ0v) is 10.4. The van der Waals surface area contributed by atoms with Crippen molar-refractivity contribution in [2.45, 2.75) is 39.7 Å². The van der Waals surface area contributed by atoms with Crippen molar-refractivity contribution in [3.8, 4) is 0 Å². The van der Waals surface area contributed by atoms with Gasteiger partial charge in [0.25, 0.3) is 0 Å². The molecule has 0 aliphatic heterocycles. The van der Waals surface area contributed by atoms with Gasteiger partial charge in [-0.15, -0.1) is 0 Å². The first-order valence-corrected chi connectivity index (χ1v) is 5.99. The van der Waals surface area contributed by atoms with Crippen LogP contribution in [0.4, 0.5) is 0 Å². The van der Waals surface area contributed by atoms with E-state index in [0.717, 1.165) is 18.5 Å². The standard InChI is InChI=1S/C10H15N3O.C2H6/c1-13(6-9-5-11-7-12-9)10(14)8-3-2-4-8;1-2/h5,7-8H,2-4,6H2,1H3,(H,11,12);1-2H3. The molecule has 90 valence electrons. The lowest BCUT2D eigenvalue weighted by Gasteiger charge is -2.28. The summed E-state index contributed by atoms with van der Waals surface area (Å²) in [6.07, 6.45) is 6.72. The Bertz CT molecular complexity index is 304. The first kappa shape index (κ1) is 12.7. The van der Waals surface area contributed by atoms with Crippen molar-refractivity contribution in [2.24, 2.45) is 5.92 Å². The summed E-state index contributed by atoms with van der Waals surface area (Å²) in [4.78, 5) is 20.4. The van der Waals surface area contributed by atoms with Gasteiger partial charge in [0.15, 0.2) is 0 Å². The van der Waals surface area contributed by atoms with E-state index in [1.54, 1.807) is 17.4 Å². The topological polar surface area (TPSA) is 49.0 Å². The number of nitrogens with zero attached hydrogens (tertiary/aromatic N) is 2. The van der Waals surface area contributed by atoms with E-state index >= 15 is 0 Å². The van der Waals surface area contributed by atoms with Gasteiger partial charge in [0, 0.05) is 19.2 Å². The molecular formula is C12H21N3O. The Balaban J connectivity index is 0.000000606. The van der Waals surface area contributed by atoms with Gasteiger partial charge in [0.1, 0.15) is 0 Å². The van der Waals surface area contributed by atoms with Crippen LogP contribution in [-0.4, -0.2) is 27.8 Å². The average Bonchev–Trinajstić information content (AvgIpc) is 2.71. The third-order valence-corrected chi connectivity index (χ3v) is 2.79. The highest BCUT2D eigenvalue weighted by atomic mass is 16.2. The molecule has 1 aliphatic carbocycles. The molecule has 1 fully saturated rings. The van der Waals surface area contributed by atoms with Gasteiger partial charge in [0.05, 0.1) is 18.6 Å². The second-order valence-corrected chi connectivity index (χ2v) is 3.90. The number of hydrogen-bond donors (Lipinski definition) is 1. The average molecular weight is 223 g/mol. The van der Waals surface area contributed by atoms with E-state index in [0.29, 0.717) is 6.54 Å². The van der Waals surface area contributed by atoms with Crippen LogP contribution in [0.1, 0.15) is 38.8 Å². The molecule has 0 spiro atoms. The minimum absolute atomic E-state index is 0.269. The Kier molecular flexibility index (Phi) is 5.02. The summed E-state index contributed by atoms with van der Waals surface area (Å²) in [5.74, 6) is 0.550. The molecule has 1 N–H and O–H groups in total. The van der Waals surface area contributed by atoms with Crippen LogP contribution >= 0.6 is 0 Å². The summed E-state index contributed by atoms with van der Waals surface area (Å²) in [6.45, 7) is 4.63. The van der Waals surface area contributed by atoms with Crippen molar-refractivity contribution in [1.29, 1.82) is 0 Å². The summed E-state index contributed by atoms with van der Waals surface area (Å²) in [5.41, 5.74) is 0.986. The Morgan fingerprint density at radius 2 is 2.25 bits per heavy atom. The van der Waals surface area contributed by atoms with E-state index in [9.17, 15) is 4.79 Å². The van der Waals surface area contributed by atoms with Crippen LogP contribution in [-0.2, 0) is 11.3 Å². The molecule has 1 saturated carbocycles. The quantitative estimate of drug-likeness (QED) is 0.854. The molecule has 0 saturated heterocycles. The number of nitrogens with one attached hydrogen (secondary N) is 1. The molecule has 2 rings (SSSR count). The van der Waals surface area contributed by atoms with E-state index < -0.39 is 0 Å². The highest BCUT2D eigenvalue weighted by Crippen LogP contribution is 2.28. The molecule has 0 bridgehead atoms. The van der Waals surface area contributed by atoms with E-state index in [2.05, 4.69) is 9.97 Å². The van der Waals surface area contributed by atoms with Crippen LogP contribution in [0.2, 0.25) is 0 Å². The molecule has 16 heavy (non-hydrogen) atoms. The molecular weight excluding hydrogens is 202 g/mol. The summed E-state index contributed by atoms with van der Waals surface area (Å²) in [6, 6.07) is 0. The van der Waals surface area contributed by atoms with Crippen LogP contribution in [0.25, 0.3) is 0 Å². The van der Waals surface area contributed by atoms with E-state index in [1.165, 1.54) is 6.42 Å². The lowest BCUT2D eigenvalue weighted by Crippen LogP contribution is -2.35. The SMILES string of the molecule is CC.CN(Cc1cnc[nH]1)C(=O)C1CCC1. The normalized spacial score (nSPS) is 14.7. The zero-order valence-electron chi connectivity index (χ0n) is 10.4. The molecule has 1 aliphatic rings. The second-order valence-electron chi connectivity index (χ2n) is 3.90. The zero-order chi connectivity index (χ0) is 12.0. The molecule has 1 amide bonds. The molecule has 1 aromatic rings. The number of aromatic nitrogens is 2. The summed E-state index contributed by atoms with van der Waals surface area (Å²) in [7, 11) is 1.85. The largest absolute Gasteiger partial charge is 0.347 e. The third kappa shape index (κ3) is 3.08. The van der Waals surface area contributed by atoms with Crippen molar-refractivity contribution in [2.75, 3.05) is 7.05 Å². The van der Waals surface area contributed by atoms with Gasteiger partial charge in [0.2, 0.25) is 5.91 Å². The number of amides is 1. The number of carbonyl (C=O) groups excluding carboxylic acids is 1. The minimum Gasteiger partial charge on any atom is -0.347 e. The van der Waals surface area contributed by atoms with Crippen molar-refractivity contribution in [3.05, 3.63) is 18.2 Å². The number of aromatic amines is 1. The first-order valence-electron chi connectivity index (χ1n) is 5.99. The van der Waals surface area contributed by atoms with Crippen molar-refractivity contribution in [3.63, 3.8) is 0 Å². The van der Waals surface area contributed by atoms with E-state index in [-0.39, 0.29) is 11.8 Å². The van der Waals surface area contributed by atoms with Gasteiger partial charge >= 0.3 is 0 Å². The molecule has 0 atom stereocenters. The molecule has 0 radical (unpaired) electrons. The Labute approximate surface area is 97.1 Å². The van der Waals surface area contributed by atoms with Gasteiger partial charge in [-0.3, -0.25) is 4.79 Å².